The topological polar surface area (TPSA) is 95.8 Å². The van der Waals surface area contributed by atoms with Crippen LogP contribution in [-0.4, -0.2) is 65.3 Å². The summed E-state index contributed by atoms with van der Waals surface area (Å²) in [4.78, 5) is 40.1. The van der Waals surface area contributed by atoms with E-state index in [1.165, 1.54) is 12.1 Å². The smallest absolute Gasteiger partial charge is 0.270 e. The Bertz CT molecular complexity index is 761. The standard InChI is InChI=1S/C20H29ClN4O4/c1-13(2)12-23-7-9-24(10-8-23)20(27)18(14(3)4)22-19(26)16-6-5-15(25(28)29)11-17(16)21/h5-6,11,13-14,18H,7-10,12H2,1-4H3,(H,22,26). The monoisotopic (exact) mass is 424 g/mol. The van der Waals surface area contributed by atoms with E-state index in [1.807, 2.05) is 13.8 Å². The summed E-state index contributed by atoms with van der Waals surface area (Å²) in [5.74, 6) is -0.172. The molecular weight excluding hydrogens is 396 g/mol. The van der Waals surface area contributed by atoms with Gasteiger partial charge in [-0.25, -0.2) is 0 Å². The van der Waals surface area contributed by atoms with E-state index in [4.69, 9.17) is 11.6 Å². The number of halogens is 1. The number of non-ortho nitro benzene ring substituents is 1. The molecule has 1 saturated heterocycles. The molecule has 0 radical (unpaired) electrons. The molecule has 1 aliphatic heterocycles. The molecule has 0 bridgehead atoms. The zero-order valence-corrected chi connectivity index (χ0v) is 18.1. The van der Waals surface area contributed by atoms with Crippen LogP contribution >= 0.6 is 11.6 Å². The van der Waals surface area contributed by atoms with Gasteiger partial charge in [-0.3, -0.25) is 24.6 Å². The number of piperazine rings is 1. The minimum Gasteiger partial charge on any atom is -0.340 e. The summed E-state index contributed by atoms with van der Waals surface area (Å²) in [5, 5.41) is 13.6. The van der Waals surface area contributed by atoms with Gasteiger partial charge in [0.1, 0.15) is 6.04 Å². The highest BCUT2D eigenvalue weighted by Gasteiger charge is 2.31. The molecule has 1 aromatic carbocycles. The van der Waals surface area contributed by atoms with Crippen molar-refractivity contribution in [3.8, 4) is 0 Å². The molecule has 1 fully saturated rings. The molecular formula is C20H29ClN4O4. The van der Waals surface area contributed by atoms with Gasteiger partial charge in [-0.1, -0.05) is 39.3 Å². The lowest BCUT2D eigenvalue weighted by Gasteiger charge is -2.37. The maximum absolute atomic E-state index is 13.0. The van der Waals surface area contributed by atoms with Crippen molar-refractivity contribution in [1.82, 2.24) is 15.1 Å². The number of nitrogens with one attached hydrogen (secondary N) is 1. The Morgan fingerprint density at radius 1 is 1.17 bits per heavy atom. The van der Waals surface area contributed by atoms with E-state index in [-0.39, 0.29) is 28.1 Å². The number of benzene rings is 1. The lowest BCUT2D eigenvalue weighted by atomic mass is 10.0. The Hall–Kier alpha value is -2.19. The zero-order chi connectivity index (χ0) is 21.7. The lowest BCUT2D eigenvalue weighted by Crippen LogP contribution is -2.56. The van der Waals surface area contributed by atoms with E-state index in [9.17, 15) is 19.7 Å². The molecule has 0 aliphatic carbocycles. The average Bonchev–Trinajstić information content (AvgIpc) is 2.65. The predicted octanol–water partition coefficient (Wildman–Crippen LogP) is 2.80. The van der Waals surface area contributed by atoms with Crippen molar-refractivity contribution in [2.24, 2.45) is 11.8 Å². The lowest BCUT2D eigenvalue weighted by molar-refractivity contribution is -0.384. The molecule has 0 spiro atoms. The van der Waals surface area contributed by atoms with Crippen molar-refractivity contribution < 1.29 is 14.5 Å². The number of hydrogen-bond acceptors (Lipinski definition) is 5. The summed E-state index contributed by atoms with van der Waals surface area (Å²) >= 11 is 6.05. The quantitative estimate of drug-likeness (QED) is 0.536. The SMILES string of the molecule is CC(C)CN1CCN(C(=O)C(NC(=O)c2ccc([N+](=O)[O-])cc2Cl)C(C)C)CC1. The highest BCUT2D eigenvalue weighted by molar-refractivity contribution is 6.34. The van der Waals surface area contributed by atoms with Crippen LogP contribution in [0.2, 0.25) is 5.02 Å². The van der Waals surface area contributed by atoms with Gasteiger partial charge in [-0.15, -0.1) is 0 Å². The van der Waals surface area contributed by atoms with Crippen molar-refractivity contribution in [2.45, 2.75) is 33.7 Å². The van der Waals surface area contributed by atoms with Crippen molar-refractivity contribution in [1.29, 1.82) is 0 Å². The first-order chi connectivity index (χ1) is 13.6. The van der Waals surface area contributed by atoms with Crippen molar-refractivity contribution in [3.05, 3.63) is 38.9 Å². The molecule has 9 heteroatoms. The molecule has 1 N–H and O–H groups in total. The van der Waals surface area contributed by atoms with Gasteiger partial charge in [0.25, 0.3) is 11.6 Å². The normalized spacial score (nSPS) is 16.2. The molecule has 2 rings (SSSR count). The molecule has 1 atom stereocenters. The summed E-state index contributed by atoms with van der Waals surface area (Å²) in [6.07, 6.45) is 0. The fourth-order valence-electron chi connectivity index (χ4n) is 3.40. The van der Waals surface area contributed by atoms with Gasteiger partial charge in [0.15, 0.2) is 0 Å². The van der Waals surface area contributed by atoms with Crippen LogP contribution in [0, 0.1) is 22.0 Å². The van der Waals surface area contributed by atoms with Crippen LogP contribution in [0.5, 0.6) is 0 Å². The van der Waals surface area contributed by atoms with E-state index < -0.39 is 16.9 Å². The Kier molecular flexibility index (Phi) is 7.98. The third-order valence-electron chi connectivity index (χ3n) is 4.93. The predicted molar refractivity (Wildman–Crippen MR) is 112 cm³/mol. The molecule has 29 heavy (non-hydrogen) atoms. The zero-order valence-electron chi connectivity index (χ0n) is 17.4. The van der Waals surface area contributed by atoms with Gasteiger partial charge < -0.3 is 10.2 Å². The van der Waals surface area contributed by atoms with E-state index in [1.54, 1.807) is 4.90 Å². The van der Waals surface area contributed by atoms with Crippen LogP contribution in [0.15, 0.2) is 18.2 Å². The Labute approximate surface area is 176 Å². The third kappa shape index (κ3) is 6.14. The van der Waals surface area contributed by atoms with Crippen LogP contribution in [0.3, 0.4) is 0 Å². The molecule has 1 heterocycles. The number of nitrogens with zero attached hydrogens (tertiary/aromatic N) is 3. The third-order valence-corrected chi connectivity index (χ3v) is 5.25. The first-order valence-corrected chi connectivity index (χ1v) is 10.2. The van der Waals surface area contributed by atoms with Crippen LogP contribution in [0.1, 0.15) is 38.1 Å². The second-order valence-corrected chi connectivity index (χ2v) is 8.54. The van der Waals surface area contributed by atoms with Gasteiger partial charge in [-0.2, -0.15) is 0 Å². The summed E-state index contributed by atoms with van der Waals surface area (Å²) in [6.45, 7) is 12.0. The fraction of sp³-hybridized carbons (Fsp3) is 0.600. The summed E-state index contributed by atoms with van der Waals surface area (Å²) in [7, 11) is 0. The molecule has 2 amide bonds. The van der Waals surface area contributed by atoms with Crippen LogP contribution in [0.25, 0.3) is 0 Å². The highest BCUT2D eigenvalue weighted by Crippen LogP contribution is 2.23. The van der Waals surface area contributed by atoms with E-state index >= 15 is 0 Å². The number of rotatable bonds is 7. The average molecular weight is 425 g/mol. The molecule has 0 aromatic heterocycles. The first-order valence-electron chi connectivity index (χ1n) is 9.86. The summed E-state index contributed by atoms with van der Waals surface area (Å²) in [6, 6.07) is 2.98. The minimum atomic E-state index is -0.689. The minimum absolute atomic E-state index is 0.0195. The Morgan fingerprint density at radius 3 is 2.28 bits per heavy atom. The van der Waals surface area contributed by atoms with E-state index in [0.717, 1.165) is 25.7 Å². The molecule has 1 unspecified atom stereocenters. The molecule has 8 nitrogen and oxygen atoms in total. The number of carbonyl (C=O) groups excluding carboxylic acids is 2. The Balaban J connectivity index is 2.05. The first kappa shape index (κ1) is 23.1. The van der Waals surface area contributed by atoms with E-state index in [2.05, 4.69) is 24.1 Å². The van der Waals surface area contributed by atoms with Gasteiger partial charge in [-0.05, 0) is 17.9 Å². The summed E-state index contributed by atoms with van der Waals surface area (Å²) < 4.78 is 0. The number of hydrogen-bond donors (Lipinski definition) is 1. The fourth-order valence-corrected chi connectivity index (χ4v) is 3.66. The van der Waals surface area contributed by atoms with Crippen molar-refractivity contribution in [3.63, 3.8) is 0 Å². The largest absolute Gasteiger partial charge is 0.340 e. The van der Waals surface area contributed by atoms with Gasteiger partial charge in [0.2, 0.25) is 5.91 Å². The second kappa shape index (κ2) is 10.0. The Morgan fingerprint density at radius 2 is 1.79 bits per heavy atom. The van der Waals surface area contributed by atoms with E-state index in [0.29, 0.717) is 19.0 Å². The second-order valence-electron chi connectivity index (χ2n) is 8.14. The van der Waals surface area contributed by atoms with Gasteiger partial charge >= 0.3 is 0 Å². The molecule has 0 saturated carbocycles. The van der Waals surface area contributed by atoms with Crippen LogP contribution in [0.4, 0.5) is 5.69 Å². The number of carbonyl (C=O) groups is 2. The maximum Gasteiger partial charge on any atom is 0.270 e. The molecule has 160 valence electrons. The van der Waals surface area contributed by atoms with Gasteiger partial charge in [0.05, 0.1) is 15.5 Å². The summed E-state index contributed by atoms with van der Waals surface area (Å²) in [5.41, 5.74) is -0.0835. The number of nitro benzene ring substituents is 1. The highest BCUT2D eigenvalue weighted by atomic mass is 35.5. The van der Waals surface area contributed by atoms with Crippen LogP contribution in [-0.2, 0) is 4.79 Å². The molecule has 1 aromatic rings. The van der Waals surface area contributed by atoms with Gasteiger partial charge in [0, 0.05) is 44.9 Å². The number of amides is 2. The number of nitro groups is 1. The van der Waals surface area contributed by atoms with Crippen LogP contribution < -0.4 is 5.32 Å². The van der Waals surface area contributed by atoms with Crippen molar-refractivity contribution >= 4 is 29.1 Å². The molecule has 1 aliphatic rings. The van der Waals surface area contributed by atoms with Crippen molar-refractivity contribution in [2.75, 3.05) is 32.7 Å². The maximum atomic E-state index is 13.0.